The first-order valence-electron chi connectivity index (χ1n) is 10.7. The third-order valence-corrected chi connectivity index (χ3v) is 7.15. The van der Waals surface area contributed by atoms with E-state index in [1.54, 1.807) is 24.3 Å². The number of hydrogen-bond donors (Lipinski definition) is 3. The maximum absolute atomic E-state index is 12.9. The molecule has 3 aromatic carbocycles. The summed E-state index contributed by atoms with van der Waals surface area (Å²) in [5.41, 5.74) is 9.69. The zero-order valence-corrected chi connectivity index (χ0v) is 19.3. The fourth-order valence-electron chi connectivity index (χ4n) is 3.75. The van der Waals surface area contributed by atoms with E-state index in [9.17, 15) is 18.0 Å². The van der Waals surface area contributed by atoms with Crippen molar-refractivity contribution in [3.05, 3.63) is 90.0 Å². The van der Waals surface area contributed by atoms with E-state index in [0.29, 0.717) is 22.6 Å². The summed E-state index contributed by atoms with van der Waals surface area (Å²) in [6.07, 6.45) is 0. The first-order valence-corrected chi connectivity index (χ1v) is 12.3. The number of amides is 2. The molecule has 0 fully saturated rings. The largest absolute Gasteiger partial charge is 0.368 e. The quantitative estimate of drug-likeness (QED) is 0.431. The number of sulfonamides is 1. The molecular weight excluding hydrogens is 452 g/mol. The fourth-order valence-corrected chi connectivity index (χ4v) is 4.83. The fraction of sp³-hybridized carbons (Fsp3) is 0.120. The van der Waals surface area contributed by atoms with Gasteiger partial charge in [-0.05, 0) is 42.8 Å². The average Bonchev–Trinajstić information content (AvgIpc) is 3.17. The van der Waals surface area contributed by atoms with Gasteiger partial charge in [-0.15, -0.1) is 0 Å². The van der Waals surface area contributed by atoms with Gasteiger partial charge in [0.2, 0.25) is 15.9 Å². The number of nitrogens with zero attached hydrogens (tertiary/aromatic N) is 1. The van der Waals surface area contributed by atoms with Gasteiger partial charge in [0.05, 0.1) is 22.7 Å². The van der Waals surface area contributed by atoms with E-state index < -0.39 is 22.5 Å². The first kappa shape index (κ1) is 23.1. The molecule has 0 saturated heterocycles. The van der Waals surface area contributed by atoms with Crippen molar-refractivity contribution in [2.45, 2.75) is 6.92 Å². The highest BCUT2D eigenvalue weighted by atomic mass is 32.2. The second-order valence-electron chi connectivity index (χ2n) is 7.66. The van der Waals surface area contributed by atoms with Crippen molar-refractivity contribution in [1.29, 1.82) is 0 Å². The summed E-state index contributed by atoms with van der Waals surface area (Å²) in [6.45, 7) is 1.06. The van der Waals surface area contributed by atoms with Crippen molar-refractivity contribution in [3.63, 3.8) is 0 Å². The summed E-state index contributed by atoms with van der Waals surface area (Å²) in [7, 11) is -3.69. The maximum atomic E-state index is 12.9. The van der Waals surface area contributed by atoms with E-state index in [0.717, 1.165) is 21.1 Å². The summed E-state index contributed by atoms with van der Waals surface area (Å²) in [4.78, 5) is 24.4. The molecule has 0 radical (unpaired) electrons. The molecule has 3 aromatic rings. The number of para-hydroxylation sites is 1. The van der Waals surface area contributed by atoms with E-state index in [-0.39, 0.29) is 11.7 Å². The van der Waals surface area contributed by atoms with E-state index in [1.165, 1.54) is 6.92 Å². The Balaban J connectivity index is 1.74. The molecule has 4 rings (SSSR count). The Hall–Kier alpha value is -4.11. The van der Waals surface area contributed by atoms with Crippen LogP contribution in [0, 0.1) is 0 Å². The van der Waals surface area contributed by atoms with Gasteiger partial charge in [-0.1, -0.05) is 48.5 Å². The summed E-state index contributed by atoms with van der Waals surface area (Å²) < 4.78 is 25.9. The molecule has 0 unspecified atom stereocenters. The number of nitrogens with one attached hydrogen (secondary N) is 2. The normalized spacial score (nSPS) is 14.2. The molecule has 0 atom stereocenters. The lowest BCUT2D eigenvalue weighted by Gasteiger charge is -2.23. The van der Waals surface area contributed by atoms with E-state index >= 15 is 0 Å². The van der Waals surface area contributed by atoms with Crippen LogP contribution in [0.4, 0.5) is 17.1 Å². The lowest BCUT2D eigenvalue weighted by molar-refractivity contribution is -0.116. The van der Waals surface area contributed by atoms with Gasteiger partial charge in [0.1, 0.15) is 6.54 Å². The summed E-state index contributed by atoms with van der Waals surface area (Å²) in [5, 5.41) is 6.22. The third-order valence-electron chi connectivity index (χ3n) is 5.41. The number of hydrogen-bond acceptors (Lipinski definition) is 5. The van der Waals surface area contributed by atoms with Crippen molar-refractivity contribution in [2.75, 3.05) is 27.2 Å². The number of anilines is 3. The van der Waals surface area contributed by atoms with Crippen LogP contribution in [0.1, 0.15) is 18.1 Å². The maximum Gasteiger partial charge on any atom is 0.258 e. The Morgan fingerprint density at radius 1 is 0.971 bits per heavy atom. The predicted octanol–water partition coefficient (Wildman–Crippen LogP) is 3.26. The number of fused-ring (bicyclic) bond motifs is 1. The van der Waals surface area contributed by atoms with Gasteiger partial charge >= 0.3 is 0 Å². The summed E-state index contributed by atoms with van der Waals surface area (Å²) >= 11 is 0. The first-order chi connectivity index (χ1) is 16.3. The topological polar surface area (TPSA) is 122 Å². The van der Waals surface area contributed by atoms with Crippen LogP contribution in [-0.4, -0.2) is 32.5 Å². The van der Waals surface area contributed by atoms with Crippen molar-refractivity contribution in [3.8, 4) is 0 Å². The van der Waals surface area contributed by atoms with E-state index in [2.05, 4.69) is 10.6 Å². The zero-order chi connectivity index (χ0) is 24.3. The highest BCUT2D eigenvalue weighted by molar-refractivity contribution is 7.92. The molecule has 174 valence electrons. The summed E-state index contributed by atoms with van der Waals surface area (Å²) in [5.74, 6) is -1.13. The van der Waals surface area contributed by atoms with Gasteiger partial charge in [-0.3, -0.25) is 13.9 Å². The highest BCUT2D eigenvalue weighted by Gasteiger charge is 2.28. The molecule has 34 heavy (non-hydrogen) atoms. The number of rotatable bonds is 8. The molecule has 1 aliphatic heterocycles. The summed E-state index contributed by atoms with van der Waals surface area (Å²) in [6, 6.07) is 23.5. The van der Waals surface area contributed by atoms with Gasteiger partial charge in [0, 0.05) is 16.9 Å². The Bertz CT molecular complexity index is 1370. The predicted molar refractivity (Wildman–Crippen MR) is 134 cm³/mol. The molecule has 0 bridgehead atoms. The Labute approximate surface area is 198 Å². The monoisotopic (exact) mass is 476 g/mol. The third kappa shape index (κ3) is 4.65. The lowest BCUT2D eigenvalue weighted by Crippen LogP contribution is -2.39. The molecule has 9 heteroatoms. The van der Waals surface area contributed by atoms with Crippen LogP contribution < -0.4 is 20.7 Å². The molecule has 8 nitrogen and oxygen atoms in total. The minimum atomic E-state index is -3.69. The lowest BCUT2D eigenvalue weighted by atomic mass is 10.00. The highest BCUT2D eigenvalue weighted by Crippen LogP contribution is 2.37. The van der Waals surface area contributed by atoms with Crippen LogP contribution >= 0.6 is 0 Å². The van der Waals surface area contributed by atoms with Crippen LogP contribution in [0.5, 0.6) is 0 Å². The molecule has 0 spiro atoms. The average molecular weight is 477 g/mol. The van der Waals surface area contributed by atoms with Crippen LogP contribution in [0.3, 0.4) is 0 Å². The zero-order valence-electron chi connectivity index (χ0n) is 18.5. The van der Waals surface area contributed by atoms with Crippen molar-refractivity contribution >= 4 is 50.2 Å². The number of primary amides is 1. The van der Waals surface area contributed by atoms with Crippen LogP contribution in [0.2, 0.25) is 0 Å². The van der Waals surface area contributed by atoms with Gasteiger partial charge < -0.3 is 16.4 Å². The number of carbonyl (C=O) groups is 2. The van der Waals surface area contributed by atoms with Gasteiger partial charge in [-0.25, -0.2) is 8.42 Å². The van der Waals surface area contributed by atoms with Gasteiger partial charge in [-0.2, -0.15) is 0 Å². The molecule has 0 aliphatic carbocycles. The molecule has 0 saturated carbocycles. The second-order valence-corrected chi connectivity index (χ2v) is 9.84. The van der Waals surface area contributed by atoms with E-state index in [1.807, 2.05) is 54.6 Å². The molecular formula is C25H24N4O4S. The molecule has 1 aliphatic rings. The van der Waals surface area contributed by atoms with E-state index in [4.69, 9.17) is 5.73 Å². The Morgan fingerprint density at radius 2 is 1.62 bits per heavy atom. The van der Waals surface area contributed by atoms with Crippen molar-refractivity contribution in [2.24, 2.45) is 5.73 Å². The Kier molecular flexibility index (Phi) is 6.38. The van der Waals surface area contributed by atoms with Gasteiger partial charge in [0.25, 0.3) is 5.91 Å². The van der Waals surface area contributed by atoms with Gasteiger partial charge in [0.15, 0.2) is 0 Å². The number of benzene rings is 3. The van der Waals surface area contributed by atoms with Crippen molar-refractivity contribution in [1.82, 2.24) is 0 Å². The molecule has 2 amide bonds. The SMILES string of the molecule is CCS(=O)(=O)N(CC(N)=O)c1ccc(N/C(=C2\C(=O)Nc3ccccc32)c2ccccc2)cc1. The number of carbonyl (C=O) groups excluding carboxylic acids is 2. The van der Waals surface area contributed by atoms with Crippen molar-refractivity contribution < 1.29 is 18.0 Å². The molecule has 0 aromatic heterocycles. The number of nitrogens with two attached hydrogens (primary N) is 1. The standard InChI is InChI=1S/C25H24N4O4S/c1-2-34(32,33)29(16-22(26)30)19-14-12-18(13-15-19)27-24(17-8-4-3-5-9-17)23-20-10-6-7-11-21(20)28-25(23)31/h3-15,27H,2,16H2,1H3,(H2,26,30)(H,28,31)/b24-23-. The van der Waals surface area contributed by atoms with Crippen LogP contribution in [-0.2, 0) is 19.6 Å². The molecule has 4 N–H and O–H groups in total. The Morgan fingerprint density at radius 3 is 2.26 bits per heavy atom. The van der Waals surface area contributed by atoms with Crippen LogP contribution in [0.15, 0.2) is 78.9 Å². The smallest absolute Gasteiger partial charge is 0.258 e. The molecule has 1 heterocycles. The van der Waals surface area contributed by atoms with Crippen LogP contribution in [0.25, 0.3) is 11.3 Å². The minimum Gasteiger partial charge on any atom is -0.368 e. The second kappa shape index (κ2) is 9.40. The minimum absolute atomic E-state index is 0.168.